The van der Waals surface area contributed by atoms with Crippen molar-refractivity contribution in [2.75, 3.05) is 5.32 Å². The Morgan fingerprint density at radius 3 is 2.14 bits per heavy atom. The van der Waals surface area contributed by atoms with Crippen molar-refractivity contribution in [2.24, 2.45) is 16.6 Å². The van der Waals surface area contributed by atoms with Gasteiger partial charge in [-0.25, -0.2) is 0 Å². The molecule has 0 fully saturated rings. The zero-order valence-electron chi connectivity index (χ0n) is 13.9. The summed E-state index contributed by atoms with van der Waals surface area (Å²) in [6.07, 6.45) is 0. The highest BCUT2D eigenvalue weighted by molar-refractivity contribution is 6.05. The van der Waals surface area contributed by atoms with E-state index < -0.39 is 0 Å². The normalized spacial score (nSPS) is 19.0. The van der Waals surface area contributed by atoms with Crippen LogP contribution in [0.5, 0.6) is 0 Å². The largest absolute Gasteiger partial charge is 0.377 e. The number of carbonyl (C=O) groups excluding carboxylic acids is 1. The highest BCUT2D eigenvalue weighted by Crippen LogP contribution is 2.46. The fraction of sp³-hybridized carbons (Fsp3) is 0.500. The van der Waals surface area contributed by atoms with Crippen LogP contribution in [0.3, 0.4) is 0 Å². The van der Waals surface area contributed by atoms with Crippen LogP contribution in [0.2, 0.25) is 0 Å². The first kappa shape index (κ1) is 15.6. The zero-order valence-corrected chi connectivity index (χ0v) is 13.9. The van der Waals surface area contributed by atoms with Gasteiger partial charge in [-0.3, -0.25) is 4.79 Å². The number of fused-ring (bicyclic) bond motifs is 1. The van der Waals surface area contributed by atoms with Crippen LogP contribution >= 0.6 is 0 Å². The second-order valence-corrected chi connectivity index (χ2v) is 7.89. The van der Waals surface area contributed by atoms with Crippen molar-refractivity contribution in [3.63, 3.8) is 0 Å². The fourth-order valence-electron chi connectivity index (χ4n) is 3.07. The van der Waals surface area contributed by atoms with Gasteiger partial charge in [0.1, 0.15) is 0 Å². The van der Waals surface area contributed by atoms with Crippen LogP contribution in [-0.2, 0) is 4.79 Å². The number of benzene rings is 1. The maximum absolute atomic E-state index is 12.2. The minimum Gasteiger partial charge on any atom is -0.377 e. The molecule has 3 N–H and O–H groups in total. The number of amides is 1. The van der Waals surface area contributed by atoms with Gasteiger partial charge in [0.15, 0.2) is 0 Å². The molecule has 0 bridgehead atoms. The monoisotopic (exact) mass is 286 g/mol. The lowest BCUT2D eigenvalue weighted by Gasteiger charge is -2.41. The fourth-order valence-corrected chi connectivity index (χ4v) is 3.07. The summed E-state index contributed by atoms with van der Waals surface area (Å²) in [5.41, 5.74) is 9.45. The molecule has 1 atom stereocenters. The molecule has 3 heteroatoms. The SMILES string of the molecule is CC(C)(C)C1=C(C(N)=O)C(C(C)(C)C)Nc2ccccc21. The summed E-state index contributed by atoms with van der Waals surface area (Å²) in [6, 6.07) is 8.06. The van der Waals surface area contributed by atoms with E-state index in [1.165, 1.54) is 0 Å². The maximum Gasteiger partial charge on any atom is 0.247 e. The number of rotatable bonds is 1. The minimum atomic E-state index is -0.332. The molecule has 1 aromatic rings. The predicted octanol–water partition coefficient (Wildman–Crippen LogP) is 3.81. The second-order valence-electron chi connectivity index (χ2n) is 7.89. The van der Waals surface area contributed by atoms with Crippen LogP contribution in [0, 0.1) is 10.8 Å². The average Bonchev–Trinajstić information content (AvgIpc) is 2.33. The molecule has 0 aromatic heterocycles. The minimum absolute atomic E-state index is 0.0841. The summed E-state index contributed by atoms with van der Waals surface area (Å²) in [6.45, 7) is 12.8. The van der Waals surface area contributed by atoms with Crippen molar-refractivity contribution < 1.29 is 4.79 Å². The van der Waals surface area contributed by atoms with Gasteiger partial charge in [0.05, 0.1) is 6.04 Å². The third-order valence-electron chi connectivity index (χ3n) is 3.94. The number of allylic oxidation sites excluding steroid dienone is 1. The molecule has 0 saturated heterocycles. The van der Waals surface area contributed by atoms with Crippen LogP contribution < -0.4 is 11.1 Å². The number of carbonyl (C=O) groups is 1. The van der Waals surface area contributed by atoms with Gasteiger partial charge in [-0.2, -0.15) is 0 Å². The molecule has 1 aromatic carbocycles. The Morgan fingerprint density at radius 2 is 1.67 bits per heavy atom. The van der Waals surface area contributed by atoms with Crippen LogP contribution in [0.15, 0.2) is 29.8 Å². The van der Waals surface area contributed by atoms with E-state index in [9.17, 15) is 4.79 Å². The van der Waals surface area contributed by atoms with Crippen molar-refractivity contribution in [3.05, 3.63) is 35.4 Å². The standard InChI is InChI=1S/C18H26N2O/c1-17(2,3)14-11-9-7-8-10-12(11)20-15(18(4,5)6)13(14)16(19)21/h7-10,15,20H,1-6H3,(H2,19,21). The number of nitrogens with one attached hydrogen (secondary N) is 1. The molecule has 1 unspecified atom stereocenters. The lowest BCUT2D eigenvalue weighted by Crippen LogP contribution is -2.44. The Hall–Kier alpha value is -1.77. The van der Waals surface area contributed by atoms with Gasteiger partial charge in [-0.15, -0.1) is 0 Å². The highest BCUT2D eigenvalue weighted by atomic mass is 16.1. The van der Waals surface area contributed by atoms with E-state index >= 15 is 0 Å². The summed E-state index contributed by atoms with van der Waals surface area (Å²) >= 11 is 0. The highest BCUT2D eigenvalue weighted by Gasteiger charge is 2.40. The van der Waals surface area contributed by atoms with Crippen molar-refractivity contribution in [2.45, 2.75) is 47.6 Å². The van der Waals surface area contributed by atoms with E-state index in [1.807, 2.05) is 12.1 Å². The van der Waals surface area contributed by atoms with E-state index in [0.29, 0.717) is 5.57 Å². The Kier molecular flexibility index (Phi) is 3.64. The summed E-state index contributed by atoms with van der Waals surface area (Å²) in [5.74, 6) is -0.332. The Balaban J connectivity index is 2.81. The molecule has 0 saturated carbocycles. The molecular formula is C18H26N2O. The van der Waals surface area contributed by atoms with Gasteiger partial charge in [0.25, 0.3) is 0 Å². The first-order chi connectivity index (χ1) is 9.53. The first-order valence-electron chi connectivity index (χ1n) is 7.44. The zero-order chi connectivity index (χ0) is 16.0. The molecular weight excluding hydrogens is 260 g/mol. The Labute approximate surface area is 127 Å². The Bertz CT molecular complexity index is 600. The molecule has 3 nitrogen and oxygen atoms in total. The van der Waals surface area contributed by atoms with Crippen LogP contribution in [0.4, 0.5) is 5.69 Å². The smallest absolute Gasteiger partial charge is 0.247 e. The molecule has 21 heavy (non-hydrogen) atoms. The second kappa shape index (κ2) is 4.90. The first-order valence-corrected chi connectivity index (χ1v) is 7.44. The molecule has 1 aliphatic rings. The number of hydrogen-bond acceptors (Lipinski definition) is 2. The Morgan fingerprint density at radius 1 is 1.10 bits per heavy atom. The molecule has 0 spiro atoms. The van der Waals surface area contributed by atoms with Crippen LogP contribution in [0.25, 0.3) is 5.57 Å². The van der Waals surface area contributed by atoms with Gasteiger partial charge in [0.2, 0.25) is 5.91 Å². The number of nitrogens with two attached hydrogens (primary N) is 1. The van der Waals surface area contributed by atoms with Gasteiger partial charge in [-0.1, -0.05) is 59.7 Å². The van der Waals surface area contributed by atoms with E-state index in [2.05, 4.69) is 59.0 Å². The van der Waals surface area contributed by atoms with Crippen molar-refractivity contribution in [1.29, 1.82) is 0 Å². The average molecular weight is 286 g/mol. The molecule has 0 radical (unpaired) electrons. The van der Waals surface area contributed by atoms with Gasteiger partial charge in [0, 0.05) is 16.8 Å². The quantitative estimate of drug-likeness (QED) is 0.824. The summed E-state index contributed by atoms with van der Waals surface area (Å²) in [5, 5.41) is 3.51. The van der Waals surface area contributed by atoms with E-state index in [4.69, 9.17) is 5.73 Å². The number of anilines is 1. The van der Waals surface area contributed by atoms with E-state index in [-0.39, 0.29) is 22.8 Å². The molecule has 114 valence electrons. The molecule has 2 rings (SSSR count). The van der Waals surface area contributed by atoms with Crippen molar-refractivity contribution in [1.82, 2.24) is 0 Å². The predicted molar refractivity (Wildman–Crippen MR) is 88.9 cm³/mol. The lowest BCUT2D eigenvalue weighted by molar-refractivity contribution is -0.115. The molecule has 1 aliphatic heterocycles. The van der Waals surface area contributed by atoms with Crippen LogP contribution in [0.1, 0.15) is 47.1 Å². The van der Waals surface area contributed by atoms with Crippen LogP contribution in [-0.4, -0.2) is 11.9 Å². The van der Waals surface area contributed by atoms with Gasteiger partial charge >= 0.3 is 0 Å². The number of hydrogen-bond donors (Lipinski definition) is 2. The topological polar surface area (TPSA) is 55.1 Å². The molecule has 1 amide bonds. The third-order valence-corrected chi connectivity index (χ3v) is 3.94. The van der Waals surface area contributed by atoms with Gasteiger partial charge in [-0.05, 0) is 22.5 Å². The van der Waals surface area contributed by atoms with E-state index in [1.54, 1.807) is 0 Å². The van der Waals surface area contributed by atoms with Gasteiger partial charge < -0.3 is 11.1 Å². The number of para-hydroxylation sites is 1. The summed E-state index contributed by atoms with van der Waals surface area (Å²) in [7, 11) is 0. The van der Waals surface area contributed by atoms with Crippen molar-refractivity contribution in [3.8, 4) is 0 Å². The molecule has 1 heterocycles. The van der Waals surface area contributed by atoms with E-state index in [0.717, 1.165) is 16.8 Å². The molecule has 0 aliphatic carbocycles. The summed E-state index contributed by atoms with van der Waals surface area (Å²) < 4.78 is 0. The number of primary amides is 1. The maximum atomic E-state index is 12.2. The lowest BCUT2D eigenvalue weighted by atomic mass is 9.70. The summed E-state index contributed by atoms with van der Waals surface area (Å²) in [4.78, 5) is 12.2. The van der Waals surface area contributed by atoms with Crippen molar-refractivity contribution >= 4 is 17.2 Å². The third kappa shape index (κ3) is 2.82.